The molecule has 0 radical (unpaired) electrons. The van der Waals surface area contributed by atoms with Crippen LogP contribution in [0.4, 0.5) is 5.69 Å². The lowest BCUT2D eigenvalue weighted by molar-refractivity contribution is -0.561. The number of anilines is 1. The lowest BCUT2D eigenvalue weighted by Gasteiger charge is -2.25. The maximum atomic E-state index is 11.0. The van der Waals surface area contributed by atoms with Crippen LogP contribution in [-0.4, -0.2) is 10.6 Å². The third-order valence-electron chi connectivity index (χ3n) is 3.25. The van der Waals surface area contributed by atoms with Crippen molar-refractivity contribution >= 4 is 11.3 Å². The number of hydrogen-bond acceptors (Lipinski definition) is 4. The third kappa shape index (κ3) is 2.00. The van der Waals surface area contributed by atoms with Crippen LogP contribution in [0.3, 0.4) is 0 Å². The fourth-order valence-electron chi connectivity index (χ4n) is 1.93. The number of rotatable bonds is 2. The highest BCUT2D eigenvalue weighted by Gasteiger charge is 2.42. The summed E-state index contributed by atoms with van der Waals surface area (Å²) in [6, 6.07) is 7.36. The van der Waals surface area contributed by atoms with Crippen LogP contribution in [0, 0.1) is 16.0 Å². The molecule has 1 aliphatic rings. The molecular formula is C13H15N3O2. The summed E-state index contributed by atoms with van der Waals surface area (Å²) in [7, 11) is 0. The summed E-state index contributed by atoms with van der Waals surface area (Å²) in [5, 5.41) is 11.0. The average Bonchev–Trinajstić information content (AvgIpc) is 2.33. The molecule has 2 atom stereocenters. The Morgan fingerprint density at radius 1 is 1.33 bits per heavy atom. The second kappa shape index (κ2) is 4.27. The monoisotopic (exact) mass is 245 g/mol. The van der Waals surface area contributed by atoms with Gasteiger partial charge in [-0.2, -0.15) is 0 Å². The van der Waals surface area contributed by atoms with E-state index in [-0.39, 0.29) is 5.92 Å². The lowest BCUT2D eigenvalue weighted by atomic mass is 9.86. The van der Waals surface area contributed by atoms with Gasteiger partial charge in [-0.25, -0.2) is 0 Å². The SMILES string of the molecule is CC1C=C(c2ccc(N)cc2)C=CC1(N)[N+](=O)[O-]. The van der Waals surface area contributed by atoms with Gasteiger partial charge >= 0.3 is 0 Å². The number of nitrogens with zero attached hydrogens (tertiary/aromatic N) is 1. The number of allylic oxidation sites excluding steroid dienone is 2. The predicted molar refractivity (Wildman–Crippen MR) is 71.0 cm³/mol. The Bertz CT molecular complexity index is 534. The minimum Gasteiger partial charge on any atom is -0.399 e. The minimum absolute atomic E-state index is 0.370. The van der Waals surface area contributed by atoms with E-state index in [4.69, 9.17) is 11.5 Å². The van der Waals surface area contributed by atoms with Crippen molar-refractivity contribution in [2.24, 2.45) is 11.7 Å². The summed E-state index contributed by atoms with van der Waals surface area (Å²) < 4.78 is 0. The molecule has 2 unspecified atom stereocenters. The van der Waals surface area contributed by atoms with Gasteiger partial charge in [0.15, 0.2) is 0 Å². The van der Waals surface area contributed by atoms with E-state index >= 15 is 0 Å². The first-order chi connectivity index (χ1) is 8.43. The van der Waals surface area contributed by atoms with Gasteiger partial charge in [0.1, 0.15) is 0 Å². The van der Waals surface area contributed by atoms with Crippen LogP contribution < -0.4 is 11.5 Å². The number of nitrogen functional groups attached to an aromatic ring is 1. The fourth-order valence-corrected chi connectivity index (χ4v) is 1.93. The number of nitrogens with two attached hydrogens (primary N) is 2. The summed E-state index contributed by atoms with van der Waals surface area (Å²) in [5.41, 5.74) is 12.4. The maximum absolute atomic E-state index is 11.0. The summed E-state index contributed by atoms with van der Waals surface area (Å²) in [5.74, 6) is -0.370. The molecule has 0 saturated heterocycles. The van der Waals surface area contributed by atoms with Crippen molar-refractivity contribution < 1.29 is 4.92 Å². The Balaban J connectivity index is 2.33. The normalized spacial score (nSPS) is 26.8. The molecule has 1 aromatic rings. The molecule has 0 fully saturated rings. The topological polar surface area (TPSA) is 95.2 Å². The number of benzene rings is 1. The minimum atomic E-state index is -1.52. The zero-order valence-electron chi connectivity index (χ0n) is 10.0. The molecule has 5 heteroatoms. The van der Waals surface area contributed by atoms with Crippen LogP contribution in [0.1, 0.15) is 12.5 Å². The van der Waals surface area contributed by atoms with Crippen LogP contribution in [0.5, 0.6) is 0 Å². The van der Waals surface area contributed by atoms with Crippen molar-refractivity contribution in [3.05, 3.63) is 58.2 Å². The second-order valence-electron chi connectivity index (χ2n) is 4.51. The van der Waals surface area contributed by atoms with Gasteiger partial charge in [0.25, 0.3) is 5.66 Å². The van der Waals surface area contributed by atoms with Crippen molar-refractivity contribution in [2.45, 2.75) is 12.6 Å². The molecule has 4 N–H and O–H groups in total. The van der Waals surface area contributed by atoms with Gasteiger partial charge in [-0.3, -0.25) is 15.8 Å². The van der Waals surface area contributed by atoms with Gasteiger partial charge in [-0.15, -0.1) is 0 Å². The molecule has 0 amide bonds. The quantitative estimate of drug-likeness (QED) is 0.359. The fraction of sp³-hybridized carbons (Fsp3) is 0.231. The summed E-state index contributed by atoms with van der Waals surface area (Å²) in [6.45, 7) is 1.74. The van der Waals surface area contributed by atoms with E-state index < -0.39 is 10.6 Å². The van der Waals surface area contributed by atoms with Gasteiger partial charge in [-0.05, 0) is 23.3 Å². The zero-order valence-corrected chi connectivity index (χ0v) is 10.0. The standard InChI is InChI=1S/C13H15N3O2/c1-9-8-11(6-7-13(9,15)16(17)18)10-2-4-12(14)5-3-10/h2-9H,14-15H2,1H3. The largest absolute Gasteiger partial charge is 0.399 e. The third-order valence-corrected chi connectivity index (χ3v) is 3.25. The Hall–Kier alpha value is -2.14. The molecular weight excluding hydrogens is 230 g/mol. The van der Waals surface area contributed by atoms with E-state index in [9.17, 15) is 10.1 Å². The Morgan fingerprint density at radius 2 is 1.94 bits per heavy atom. The molecule has 0 heterocycles. The van der Waals surface area contributed by atoms with Gasteiger partial charge in [-0.1, -0.05) is 31.2 Å². The molecule has 0 aliphatic heterocycles. The highest BCUT2D eigenvalue weighted by Crippen LogP contribution is 2.30. The van der Waals surface area contributed by atoms with Crippen molar-refractivity contribution in [1.29, 1.82) is 0 Å². The van der Waals surface area contributed by atoms with Crippen molar-refractivity contribution in [1.82, 2.24) is 0 Å². The van der Waals surface area contributed by atoms with Gasteiger partial charge < -0.3 is 5.73 Å². The van der Waals surface area contributed by atoms with E-state index in [0.29, 0.717) is 5.69 Å². The zero-order chi connectivity index (χ0) is 13.3. The van der Waals surface area contributed by atoms with Crippen molar-refractivity contribution in [3.63, 3.8) is 0 Å². The second-order valence-corrected chi connectivity index (χ2v) is 4.51. The van der Waals surface area contributed by atoms with Crippen LogP contribution >= 0.6 is 0 Å². The number of nitro groups is 1. The molecule has 1 aliphatic carbocycles. The van der Waals surface area contributed by atoms with Gasteiger partial charge in [0, 0.05) is 16.7 Å². The molecule has 5 nitrogen and oxygen atoms in total. The predicted octanol–water partition coefficient (Wildman–Crippen LogP) is 1.79. The molecule has 0 spiro atoms. The summed E-state index contributed by atoms with van der Waals surface area (Å²) in [4.78, 5) is 10.5. The molecule has 1 aromatic carbocycles. The highest BCUT2D eigenvalue weighted by molar-refractivity contribution is 5.76. The van der Waals surface area contributed by atoms with Crippen LogP contribution in [-0.2, 0) is 0 Å². The maximum Gasteiger partial charge on any atom is 0.297 e. The van der Waals surface area contributed by atoms with E-state index in [0.717, 1.165) is 11.1 Å². The number of hydrogen-bond donors (Lipinski definition) is 2. The van der Waals surface area contributed by atoms with Crippen molar-refractivity contribution in [2.75, 3.05) is 5.73 Å². The smallest absolute Gasteiger partial charge is 0.297 e. The van der Waals surface area contributed by atoms with Crippen LogP contribution in [0.2, 0.25) is 0 Å². The first kappa shape index (κ1) is 12.3. The first-order valence-corrected chi connectivity index (χ1v) is 5.64. The first-order valence-electron chi connectivity index (χ1n) is 5.64. The van der Waals surface area contributed by atoms with Gasteiger partial charge in [0.05, 0.1) is 5.92 Å². The van der Waals surface area contributed by atoms with Crippen LogP contribution in [0.25, 0.3) is 5.57 Å². The van der Waals surface area contributed by atoms with E-state index in [2.05, 4.69) is 0 Å². The lowest BCUT2D eigenvalue weighted by Crippen LogP contribution is -2.51. The highest BCUT2D eigenvalue weighted by atomic mass is 16.6. The Labute approximate surface area is 105 Å². The van der Waals surface area contributed by atoms with Crippen molar-refractivity contribution in [3.8, 4) is 0 Å². The average molecular weight is 245 g/mol. The Kier molecular flexibility index (Phi) is 2.92. The molecule has 0 aromatic heterocycles. The van der Waals surface area contributed by atoms with Crippen LogP contribution in [0.15, 0.2) is 42.5 Å². The molecule has 94 valence electrons. The van der Waals surface area contributed by atoms with E-state index in [1.807, 2.05) is 18.2 Å². The van der Waals surface area contributed by atoms with E-state index in [1.165, 1.54) is 6.08 Å². The van der Waals surface area contributed by atoms with Gasteiger partial charge in [0.2, 0.25) is 0 Å². The Morgan fingerprint density at radius 3 is 2.44 bits per heavy atom. The summed E-state index contributed by atoms with van der Waals surface area (Å²) >= 11 is 0. The summed E-state index contributed by atoms with van der Waals surface area (Å²) in [6.07, 6.45) is 4.95. The molecule has 18 heavy (non-hydrogen) atoms. The molecule has 2 rings (SSSR count). The van der Waals surface area contributed by atoms with E-state index in [1.54, 1.807) is 25.1 Å². The molecule has 0 saturated carbocycles. The molecule has 0 bridgehead atoms.